The van der Waals surface area contributed by atoms with Crippen molar-refractivity contribution in [2.24, 2.45) is 16.5 Å². The first-order valence-electron chi connectivity index (χ1n) is 12.3. The first-order chi connectivity index (χ1) is 17.5. The van der Waals surface area contributed by atoms with Gasteiger partial charge in [0.25, 0.3) is 5.91 Å². The van der Waals surface area contributed by atoms with Crippen LogP contribution in [0.15, 0.2) is 66.3 Å². The minimum atomic E-state index is -0.462. The molecule has 5 N–H and O–H groups in total. The van der Waals surface area contributed by atoms with Gasteiger partial charge in [-0.25, -0.2) is 4.98 Å². The molecule has 0 aliphatic carbocycles. The van der Waals surface area contributed by atoms with Crippen LogP contribution in [0.2, 0.25) is 0 Å². The highest BCUT2D eigenvalue weighted by Gasteiger charge is 2.20. The fraction of sp³-hybridized carbons (Fsp3) is 0.276. The number of fused-ring (bicyclic) bond motifs is 1. The van der Waals surface area contributed by atoms with E-state index in [2.05, 4.69) is 72.8 Å². The lowest BCUT2D eigenvalue weighted by atomic mass is 10.0. The van der Waals surface area contributed by atoms with Crippen LogP contribution in [0.1, 0.15) is 62.2 Å². The zero-order valence-electron chi connectivity index (χ0n) is 22.3. The zero-order valence-corrected chi connectivity index (χ0v) is 22.3. The molecule has 0 saturated carbocycles. The Labute approximate surface area is 217 Å². The van der Waals surface area contributed by atoms with Crippen molar-refractivity contribution < 1.29 is 4.79 Å². The van der Waals surface area contributed by atoms with Crippen molar-refractivity contribution in [3.05, 3.63) is 78.1 Å². The first kappa shape index (κ1) is 25.8. The number of nitrogens with two attached hydrogens (primary N) is 2. The second kappa shape index (κ2) is 9.97. The summed E-state index contributed by atoms with van der Waals surface area (Å²) in [6.45, 7) is 10.5. The Morgan fingerprint density at radius 3 is 2.54 bits per heavy atom. The minimum Gasteiger partial charge on any atom is -0.404 e. The van der Waals surface area contributed by atoms with Crippen LogP contribution < -0.4 is 16.8 Å². The van der Waals surface area contributed by atoms with Crippen molar-refractivity contribution in [2.75, 3.05) is 12.4 Å². The summed E-state index contributed by atoms with van der Waals surface area (Å²) < 4.78 is 4.18. The fourth-order valence-corrected chi connectivity index (χ4v) is 4.51. The molecule has 0 saturated heterocycles. The lowest BCUT2D eigenvalue weighted by Gasteiger charge is -2.24. The molecule has 0 aliphatic rings. The number of rotatable bonds is 7. The predicted octanol–water partition coefficient (Wildman–Crippen LogP) is 5.25. The topological polar surface area (TPSA) is 116 Å². The lowest BCUT2D eigenvalue weighted by Crippen LogP contribution is -2.28. The summed E-state index contributed by atoms with van der Waals surface area (Å²) in [6, 6.07) is 11.9. The number of benzene rings is 2. The lowest BCUT2D eigenvalue weighted by molar-refractivity contribution is 0.100. The Morgan fingerprint density at radius 2 is 1.92 bits per heavy atom. The van der Waals surface area contributed by atoms with Gasteiger partial charge in [-0.2, -0.15) is 0 Å². The number of anilines is 1. The van der Waals surface area contributed by atoms with E-state index < -0.39 is 5.91 Å². The molecule has 4 rings (SSSR count). The molecule has 0 radical (unpaired) electrons. The van der Waals surface area contributed by atoms with Crippen molar-refractivity contribution in [1.29, 1.82) is 0 Å². The van der Waals surface area contributed by atoms with Crippen molar-refractivity contribution in [2.45, 2.75) is 46.1 Å². The number of hydrogen-bond acceptors (Lipinski definition) is 5. The summed E-state index contributed by atoms with van der Waals surface area (Å²) in [4.78, 5) is 20.8. The zero-order chi connectivity index (χ0) is 26.9. The van der Waals surface area contributed by atoms with Crippen LogP contribution >= 0.6 is 0 Å². The van der Waals surface area contributed by atoms with E-state index in [-0.39, 0.29) is 11.5 Å². The molecule has 4 aromatic rings. The standard InChI is InChI=1S/C29H35N7O/c1-18(2)22-15-36(20-10-11-21(28(31)37)23(12-20)34-29(3,4)5)26-9-7-8-25(27(22)26)35-16-24(33-17-35)19(13-30)14-32-6/h7-18,34H,30H2,1-6H3,(H2,31,37). The van der Waals surface area contributed by atoms with Crippen LogP contribution in [0.5, 0.6) is 0 Å². The summed E-state index contributed by atoms with van der Waals surface area (Å²) in [5, 5.41) is 4.57. The van der Waals surface area contributed by atoms with Gasteiger partial charge in [-0.05, 0) is 62.6 Å². The average molecular weight is 498 g/mol. The molecule has 192 valence electrons. The number of allylic oxidation sites excluding steroid dienone is 1. The molecule has 8 heteroatoms. The molecule has 0 unspecified atom stereocenters. The van der Waals surface area contributed by atoms with Gasteiger partial charge in [0.2, 0.25) is 0 Å². The summed E-state index contributed by atoms with van der Waals surface area (Å²) >= 11 is 0. The van der Waals surface area contributed by atoms with E-state index in [0.29, 0.717) is 11.3 Å². The molecule has 37 heavy (non-hydrogen) atoms. The molecular weight excluding hydrogens is 462 g/mol. The summed E-state index contributed by atoms with van der Waals surface area (Å²) in [6.07, 6.45) is 9.14. The van der Waals surface area contributed by atoms with Gasteiger partial charge in [-0.3, -0.25) is 9.79 Å². The van der Waals surface area contributed by atoms with Crippen molar-refractivity contribution in [3.8, 4) is 11.4 Å². The van der Waals surface area contributed by atoms with E-state index >= 15 is 0 Å². The summed E-state index contributed by atoms with van der Waals surface area (Å²) in [5.74, 6) is -0.188. The number of aromatic nitrogens is 3. The van der Waals surface area contributed by atoms with Crippen LogP contribution in [-0.4, -0.2) is 38.8 Å². The van der Waals surface area contributed by atoms with Crippen LogP contribution in [0.4, 0.5) is 5.69 Å². The van der Waals surface area contributed by atoms with Gasteiger partial charge in [0.1, 0.15) is 0 Å². The Hall–Kier alpha value is -4.33. The second-order valence-corrected chi connectivity index (χ2v) is 10.4. The maximum atomic E-state index is 12.1. The average Bonchev–Trinajstić information content (AvgIpc) is 3.47. The Morgan fingerprint density at radius 1 is 1.16 bits per heavy atom. The third-order valence-corrected chi connectivity index (χ3v) is 6.12. The predicted molar refractivity (Wildman–Crippen MR) is 153 cm³/mol. The molecule has 2 aromatic heterocycles. The van der Waals surface area contributed by atoms with Crippen LogP contribution in [0.3, 0.4) is 0 Å². The number of primary amides is 1. The maximum absolute atomic E-state index is 12.1. The van der Waals surface area contributed by atoms with E-state index in [1.807, 2.05) is 29.0 Å². The number of carbonyl (C=O) groups is 1. The molecule has 2 heterocycles. The van der Waals surface area contributed by atoms with Crippen LogP contribution in [0, 0.1) is 0 Å². The van der Waals surface area contributed by atoms with Gasteiger partial charge in [-0.15, -0.1) is 0 Å². The Balaban J connectivity index is 1.92. The number of imidazole rings is 1. The largest absolute Gasteiger partial charge is 0.404 e. The monoisotopic (exact) mass is 497 g/mol. The summed E-state index contributed by atoms with van der Waals surface area (Å²) in [5.41, 5.74) is 18.1. The van der Waals surface area contributed by atoms with Gasteiger partial charge >= 0.3 is 0 Å². The minimum absolute atomic E-state index is 0.240. The highest BCUT2D eigenvalue weighted by molar-refractivity contribution is 6.08. The van der Waals surface area contributed by atoms with E-state index in [0.717, 1.165) is 33.5 Å². The Bertz CT molecular complexity index is 1510. The van der Waals surface area contributed by atoms with E-state index in [1.54, 1.807) is 25.7 Å². The molecule has 1 amide bonds. The molecule has 0 atom stereocenters. The van der Waals surface area contributed by atoms with E-state index in [9.17, 15) is 4.79 Å². The van der Waals surface area contributed by atoms with Crippen molar-refractivity contribution in [1.82, 2.24) is 14.1 Å². The molecule has 2 aromatic carbocycles. The highest BCUT2D eigenvalue weighted by atomic mass is 16.1. The van der Waals surface area contributed by atoms with Crippen molar-refractivity contribution >= 4 is 34.3 Å². The fourth-order valence-electron chi connectivity index (χ4n) is 4.51. The molecule has 0 spiro atoms. The van der Waals surface area contributed by atoms with Gasteiger partial charge in [0.05, 0.1) is 28.8 Å². The normalized spacial score (nSPS) is 12.7. The molecule has 0 fully saturated rings. The third kappa shape index (κ3) is 5.14. The number of hydrogen-bond donors (Lipinski definition) is 3. The number of nitrogens with zero attached hydrogens (tertiary/aromatic N) is 4. The number of aliphatic imine (C=N–C) groups is 1. The maximum Gasteiger partial charge on any atom is 0.250 e. The molecule has 0 bridgehead atoms. The van der Waals surface area contributed by atoms with Gasteiger partial charge in [0, 0.05) is 59.7 Å². The van der Waals surface area contributed by atoms with Crippen LogP contribution in [-0.2, 0) is 0 Å². The first-order valence-corrected chi connectivity index (χ1v) is 12.3. The van der Waals surface area contributed by atoms with Crippen LogP contribution in [0.25, 0.3) is 27.9 Å². The quantitative estimate of drug-likeness (QED) is 0.302. The SMILES string of the molecule is CN=CC(=CN)c1cn(-c2cccc3c2c(C(C)C)cn3-c2ccc(C(N)=O)c(NC(C)(C)C)c2)cn1. The third-order valence-electron chi connectivity index (χ3n) is 6.12. The van der Waals surface area contributed by atoms with Gasteiger partial charge < -0.3 is 25.9 Å². The molecular formula is C29H35N7O. The summed E-state index contributed by atoms with van der Waals surface area (Å²) in [7, 11) is 1.71. The van der Waals surface area contributed by atoms with E-state index in [4.69, 9.17) is 11.5 Å². The second-order valence-electron chi connectivity index (χ2n) is 10.4. The van der Waals surface area contributed by atoms with E-state index in [1.165, 1.54) is 11.8 Å². The highest BCUT2D eigenvalue weighted by Crippen LogP contribution is 2.35. The smallest absolute Gasteiger partial charge is 0.250 e. The molecule has 8 nitrogen and oxygen atoms in total. The Kier molecular flexibility index (Phi) is 6.94. The van der Waals surface area contributed by atoms with Gasteiger partial charge in [0.15, 0.2) is 0 Å². The number of carbonyl (C=O) groups excluding carboxylic acids is 1. The van der Waals surface area contributed by atoms with Gasteiger partial charge in [-0.1, -0.05) is 19.9 Å². The number of amides is 1. The number of nitrogens with one attached hydrogen (secondary N) is 1. The molecule has 0 aliphatic heterocycles. The van der Waals surface area contributed by atoms with Crippen molar-refractivity contribution in [3.63, 3.8) is 0 Å².